The third-order valence-electron chi connectivity index (χ3n) is 6.81. The lowest BCUT2D eigenvalue weighted by Gasteiger charge is -2.38. The number of methoxy groups -OCH3 is 1. The van der Waals surface area contributed by atoms with E-state index < -0.39 is 10.0 Å². The summed E-state index contributed by atoms with van der Waals surface area (Å²) in [6, 6.07) is 19.0. The number of hydrogen-bond acceptors (Lipinski definition) is 4. The Morgan fingerprint density at radius 2 is 1.91 bits per heavy atom. The second-order valence-electron chi connectivity index (χ2n) is 8.73. The minimum Gasteiger partial charge on any atom is -0.496 e. The maximum absolute atomic E-state index is 13.3. The van der Waals surface area contributed by atoms with E-state index in [1.165, 1.54) is 0 Å². The van der Waals surface area contributed by atoms with Crippen LogP contribution in [-0.4, -0.2) is 15.5 Å². The molecule has 1 aliphatic carbocycles. The quantitative estimate of drug-likeness (QED) is 0.345. The summed E-state index contributed by atoms with van der Waals surface area (Å²) in [5, 5.41) is 3.68. The number of hydrogen-bond donors (Lipinski definition) is 2. The molecule has 0 saturated heterocycles. The Morgan fingerprint density at radius 1 is 1.09 bits per heavy atom. The largest absolute Gasteiger partial charge is 0.496 e. The highest BCUT2D eigenvalue weighted by Crippen LogP contribution is 2.51. The van der Waals surface area contributed by atoms with Gasteiger partial charge in [-0.2, -0.15) is 0 Å². The van der Waals surface area contributed by atoms with Crippen molar-refractivity contribution in [3.05, 3.63) is 94.0 Å². The smallest absolute Gasteiger partial charge is 0.261 e. The molecule has 1 heterocycles. The van der Waals surface area contributed by atoms with Gasteiger partial charge in [-0.25, -0.2) is 8.42 Å². The molecular formula is C27H27BrN2O3S. The number of aryl methyl sites for hydroxylation is 1. The van der Waals surface area contributed by atoms with Crippen LogP contribution in [0.1, 0.15) is 42.0 Å². The van der Waals surface area contributed by atoms with E-state index in [9.17, 15) is 8.42 Å². The van der Waals surface area contributed by atoms with Gasteiger partial charge < -0.3 is 10.1 Å². The summed E-state index contributed by atoms with van der Waals surface area (Å²) in [5.74, 6) is 1.23. The van der Waals surface area contributed by atoms with Crippen molar-refractivity contribution in [2.24, 2.45) is 5.92 Å². The van der Waals surface area contributed by atoms with Crippen LogP contribution in [0.15, 0.2) is 82.2 Å². The lowest BCUT2D eigenvalue weighted by molar-refractivity contribution is 0.381. The standard InChI is InChI=1S/C27H27BrN2O3S/c1-3-17-7-4-5-10-24(17)30-34(31,32)19-12-13-25-22(16-19)20-8-6-9-21(20)27(29-25)23-15-18(28)11-14-26(23)33-2/h4-8,10-16,20-21,27,29-30H,3,9H2,1-2H3/t20-,21+,27-/m0/s1. The SMILES string of the molecule is CCc1ccccc1NS(=O)(=O)c1ccc2c(c1)[C@H]1C=CC[C@H]1[C@@H](c1cc(Br)ccc1OC)N2. The van der Waals surface area contributed by atoms with E-state index >= 15 is 0 Å². The van der Waals surface area contributed by atoms with Crippen LogP contribution in [-0.2, 0) is 16.4 Å². The van der Waals surface area contributed by atoms with Crippen molar-refractivity contribution in [3.8, 4) is 5.75 Å². The van der Waals surface area contributed by atoms with Crippen molar-refractivity contribution in [1.82, 2.24) is 0 Å². The maximum Gasteiger partial charge on any atom is 0.261 e. The molecule has 7 heteroatoms. The number of sulfonamides is 1. The number of rotatable bonds is 6. The molecule has 3 aromatic rings. The van der Waals surface area contributed by atoms with Crippen molar-refractivity contribution in [2.75, 3.05) is 17.1 Å². The van der Waals surface area contributed by atoms with Crippen LogP contribution < -0.4 is 14.8 Å². The summed E-state index contributed by atoms with van der Waals surface area (Å²) in [6.07, 6.45) is 6.07. The normalized spacial score (nSPS) is 20.9. The van der Waals surface area contributed by atoms with Crippen LogP contribution in [0.2, 0.25) is 0 Å². The number of fused-ring (bicyclic) bond motifs is 3. The Labute approximate surface area is 209 Å². The number of halogens is 1. The number of anilines is 2. The van der Waals surface area contributed by atoms with E-state index in [4.69, 9.17) is 4.74 Å². The molecular weight excluding hydrogens is 512 g/mol. The summed E-state index contributed by atoms with van der Waals surface area (Å²) in [5.41, 5.74) is 4.65. The van der Waals surface area contributed by atoms with Gasteiger partial charge in [0.2, 0.25) is 0 Å². The second-order valence-corrected chi connectivity index (χ2v) is 11.3. The van der Waals surface area contributed by atoms with E-state index in [2.05, 4.69) is 44.2 Å². The van der Waals surface area contributed by atoms with Gasteiger partial charge in [0.15, 0.2) is 0 Å². The number of benzene rings is 3. The first-order valence-corrected chi connectivity index (χ1v) is 13.7. The molecule has 0 fully saturated rings. The van der Waals surface area contributed by atoms with Gasteiger partial charge in [-0.15, -0.1) is 0 Å². The van der Waals surface area contributed by atoms with Gasteiger partial charge in [-0.1, -0.05) is 53.2 Å². The Kier molecular flexibility index (Phi) is 6.16. The highest BCUT2D eigenvalue weighted by atomic mass is 79.9. The fourth-order valence-electron chi connectivity index (χ4n) is 5.13. The summed E-state index contributed by atoms with van der Waals surface area (Å²) < 4.78 is 36.0. The highest BCUT2D eigenvalue weighted by Gasteiger charge is 2.39. The van der Waals surface area contributed by atoms with Gasteiger partial charge in [0.25, 0.3) is 10.0 Å². The molecule has 0 saturated carbocycles. The molecule has 0 bridgehead atoms. The molecule has 5 rings (SSSR count). The van der Waals surface area contributed by atoms with E-state index in [1.54, 1.807) is 13.2 Å². The van der Waals surface area contributed by atoms with E-state index in [1.807, 2.05) is 55.5 Å². The lowest BCUT2D eigenvalue weighted by atomic mass is 9.77. The second kappa shape index (κ2) is 9.12. The monoisotopic (exact) mass is 538 g/mol. The number of nitrogens with one attached hydrogen (secondary N) is 2. The Balaban J connectivity index is 1.51. The molecule has 3 aromatic carbocycles. The molecule has 0 amide bonds. The average Bonchev–Trinajstić information content (AvgIpc) is 3.34. The zero-order valence-corrected chi connectivity index (χ0v) is 21.5. The lowest BCUT2D eigenvalue weighted by Crippen LogP contribution is -2.29. The van der Waals surface area contributed by atoms with Gasteiger partial charge in [0.05, 0.1) is 23.7 Å². The summed E-state index contributed by atoms with van der Waals surface area (Å²) in [4.78, 5) is 0.275. The zero-order chi connectivity index (χ0) is 23.9. The van der Waals surface area contributed by atoms with Crippen molar-refractivity contribution < 1.29 is 13.2 Å². The Morgan fingerprint density at radius 3 is 2.71 bits per heavy atom. The van der Waals surface area contributed by atoms with Crippen molar-refractivity contribution >= 4 is 37.3 Å². The molecule has 0 spiro atoms. The Bertz CT molecular complexity index is 1370. The summed E-state index contributed by atoms with van der Waals surface area (Å²) in [7, 11) is -2.03. The predicted octanol–water partition coefficient (Wildman–Crippen LogP) is 6.65. The van der Waals surface area contributed by atoms with Crippen LogP contribution in [0, 0.1) is 5.92 Å². The summed E-state index contributed by atoms with van der Waals surface area (Å²) in [6.45, 7) is 2.01. The van der Waals surface area contributed by atoms with Crippen molar-refractivity contribution in [3.63, 3.8) is 0 Å². The van der Waals surface area contributed by atoms with E-state index in [0.717, 1.165) is 45.4 Å². The van der Waals surface area contributed by atoms with Gasteiger partial charge in [0, 0.05) is 21.6 Å². The van der Waals surface area contributed by atoms with E-state index in [0.29, 0.717) is 5.69 Å². The van der Waals surface area contributed by atoms with Gasteiger partial charge in [0.1, 0.15) is 5.75 Å². The molecule has 0 aromatic heterocycles. The number of para-hydroxylation sites is 1. The first-order valence-electron chi connectivity index (χ1n) is 11.4. The molecule has 5 nitrogen and oxygen atoms in total. The van der Waals surface area contributed by atoms with Crippen LogP contribution >= 0.6 is 15.9 Å². The van der Waals surface area contributed by atoms with Gasteiger partial charge in [-0.05, 0) is 72.4 Å². The van der Waals surface area contributed by atoms with Crippen LogP contribution in [0.25, 0.3) is 0 Å². The van der Waals surface area contributed by atoms with Crippen molar-refractivity contribution in [1.29, 1.82) is 0 Å². The first kappa shape index (κ1) is 23.0. The molecule has 3 atom stereocenters. The van der Waals surface area contributed by atoms with Gasteiger partial charge >= 0.3 is 0 Å². The third kappa shape index (κ3) is 4.12. The summed E-state index contributed by atoms with van der Waals surface area (Å²) >= 11 is 3.59. The minimum atomic E-state index is -3.72. The molecule has 34 heavy (non-hydrogen) atoms. The molecule has 2 aliphatic rings. The topological polar surface area (TPSA) is 67.4 Å². The van der Waals surface area contributed by atoms with Crippen LogP contribution in [0.4, 0.5) is 11.4 Å². The highest BCUT2D eigenvalue weighted by molar-refractivity contribution is 9.10. The van der Waals surface area contributed by atoms with Gasteiger partial charge in [-0.3, -0.25) is 4.72 Å². The molecule has 176 valence electrons. The molecule has 0 unspecified atom stereocenters. The van der Waals surface area contributed by atoms with Crippen LogP contribution in [0.3, 0.4) is 0 Å². The third-order valence-corrected chi connectivity index (χ3v) is 8.67. The fourth-order valence-corrected chi connectivity index (χ4v) is 6.64. The van der Waals surface area contributed by atoms with Crippen molar-refractivity contribution in [2.45, 2.75) is 36.6 Å². The average molecular weight is 539 g/mol. The predicted molar refractivity (Wildman–Crippen MR) is 140 cm³/mol. The Hall–Kier alpha value is -2.77. The van der Waals surface area contributed by atoms with Crippen LogP contribution in [0.5, 0.6) is 5.75 Å². The number of allylic oxidation sites excluding steroid dienone is 2. The molecule has 0 radical (unpaired) electrons. The first-order chi connectivity index (χ1) is 16.4. The maximum atomic E-state index is 13.3. The minimum absolute atomic E-state index is 0.0527. The number of ether oxygens (including phenoxy) is 1. The molecule has 1 aliphatic heterocycles. The fraction of sp³-hybridized carbons (Fsp3) is 0.259. The molecule has 2 N–H and O–H groups in total. The van der Waals surface area contributed by atoms with E-state index in [-0.39, 0.29) is 22.8 Å². The zero-order valence-electron chi connectivity index (χ0n) is 19.1.